The van der Waals surface area contributed by atoms with Gasteiger partial charge in [-0.3, -0.25) is 4.98 Å². The molecule has 1 aliphatic heterocycles. The van der Waals surface area contributed by atoms with Gasteiger partial charge in [-0.1, -0.05) is 6.07 Å². The van der Waals surface area contributed by atoms with Gasteiger partial charge in [-0.25, -0.2) is 9.37 Å². The van der Waals surface area contributed by atoms with Gasteiger partial charge in [0.2, 0.25) is 0 Å². The van der Waals surface area contributed by atoms with E-state index >= 15 is 0 Å². The Labute approximate surface area is 193 Å². The second-order valence-electron chi connectivity index (χ2n) is 9.21. The molecule has 6 heteroatoms. The van der Waals surface area contributed by atoms with Gasteiger partial charge in [0.25, 0.3) is 0 Å². The molecule has 0 aliphatic carbocycles. The molecule has 4 aromatic rings. The van der Waals surface area contributed by atoms with Gasteiger partial charge in [-0.05, 0) is 70.2 Å². The fraction of sp³-hybridized carbons (Fsp3) is 0.333. The zero-order chi connectivity index (χ0) is 23.1. The van der Waals surface area contributed by atoms with Gasteiger partial charge < -0.3 is 14.2 Å². The van der Waals surface area contributed by atoms with Crippen LogP contribution in [0.3, 0.4) is 0 Å². The number of rotatable bonds is 4. The molecule has 0 unspecified atom stereocenters. The summed E-state index contributed by atoms with van der Waals surface area (Å²) in [7, 11) is 0. The number of halogens is 1. The van der Waals surface area contributed by atoms with Crippen molar-refractivity contribution in [1.29, 1.82) is 0 Å². The van der Waals surface area contributed by atoms with Gasteiger partial charge >= 0.3 is 0 Å². The first-order valence-corrected chi connectivity index (χ1v) is 11.5. The average Bonchev–Trinajstić information content (AvgIpc) is 3.24. The van der Waals surface area contributed by atoms with Crippen molar-refractivity contribution in [1.82, 2.24) is 14.5 Å². The van der Waals surface area contributed by atoms with Gasteiger partial charge in [0.05, 0.1) is 47.3 Å². The maximum Gasteiger partial charge on any atom is 0.123 e. The first-order valence-electron chi connectivity index (χ1n) is 11.5. The highest BCUT2D eigenvalue weighted by Crippen LogP contribution is 2.35. The van der Waals surface area contributed by atoms with Crippen LogP contribution in [0.25, 0.3) is 33.4 Å². The van der Waals surface area contributed by atoms with Crippen LogP contribution in [0.1, 0.15) is 33.7 Å². The predicted molar refractivity (Wildman–Crippen MR) is 131 cm³/mol. The Morgan fingerprint density at radius 1 is 0.939 bits per heavy atom. The fourth-order valence-electron chi connectivity index (χ4n) is 4.69. The van der Waals surface area contributed by atoms with Crippen LogP contribution in [-0.4, -0.2) is 39.8 Å². The molecule has 2 aromatic carbocycles. The van der Waals surface area contributed by atoms with E-state index in [1.807, 2.05) is 12.5 Å². The van der Waals surface area contributed by atoms with Gasteiger partial charge in [0, 0.05) is 35.6 Å². The van der Waals surface area contributed by atoms with E-state index in [0.29, 0.717) is 0 Å². The van der Waals surface area contributed by atoms with Crippen LogP contribution in [0, 0.1) is 5.82 Å². The van der Waals surface area contributed by atoms with E-state index in [-0.39, 0.29) is 24.1 Å². The van der Waals surface area contributed by atoms with Crippen molar-refractivity contribution in [2.45, 2.75) is 45.9 Å². The van der Waals surface area contributed by atoms with E-state index in [1.54, 1.807) is 12.1 Å². The molecule has 0 saturated carbocycles. The number of morpholine rings is 1. The molecule has 170 valence electrons. The zero-order valence-corrected chi connectivity index (χ0v) is 19.5. The number of hydrogen-bond acceptors (Lipinski definition) is 4. The molecule has 0 amide bonds. The summed E-state index contributed by atoms with van der Waals surface area (Å²) in [6.45, 7) is 10.2. The lowest BCUT2D eigenvalue weighted by atomic mass is 10.0. The molecule has 2 aromatic heterocycles. The molecule has 0 radical (unpaired) electrons. The summed E-state index contributed by atoms with van der Waals surface area (Å²) in [5.41, 5.74) is 5.90. The third-order valence-electron chi connectivity index (χ3n) is 6.19. The summed E-state index contributed by atoms with van der Waals surface area (Å²) in [4.78, 5) is 11.8. The number of ether oxygens (including phenoxy) is 1. The van der Waals surface area contributed by atoms with Crippen LogP contribution in [-0.2, 0) is 4.74 Å². The van der Waals surface area contributed by atoms with Crippen molar-refractivity contribution in [3.63, 3.8) is 0 Å². The van der Waals surface area contributed by atoms with E-state index in [2.05, 4.69) is 61.4 Å². The van der Waals surface area contributed by atoms with Gasteiger partial charge in [0.15, 0.2) is 0 Å². The van der Waals surface area contributed by atoms with Crippen molar-refractivity contribution < 1.29 is 9.13 Å². The van der Waals surface area contributed by atoms with E-state index in [9.17, 15) is 4.39 Å². The molecule has 0 bridgehead atoms. The second kappa shape index (κ2) is 8.60. The number of fused-ring (bicyclic) bond motifs is 1. The largest absolute Gasteiger partial charge is 0.372 e. The molecule has 0 N–H and O–H groups in total. The minimum atomic E-state index is -0.250. The highest BCUT2D eigenvalue weighted by molar-refractivity contribution is 5.89. The van der Waals surface area contributed by atoms with Crippen molar-refractivity contribution in [2.24, 2.45) is 0 Å². The van der Waals surface area contributed by atoms with Crippen LogP contribution in [0.5, 0.6) is 0 Å². The highest BCUT2D eigenvalue weighted by Gasteiger charge is 2.23. The SMILES string of the molecule is CC(C)n1cnc(-c2ccc(F)cc2)c1-c1ccc2ncc(N3C[C@@H](C)O[C@@H](C)C3)cc2c1. The van der Waals surface area contributed by atoms with Crippen LogP contribution >= 0.6 is 0 Å². The summed E-state index contributed by atoms with van der Waals surface area (Å²) in [5.74, 6) is -0.250. The lowest BCUT2D eigenvalue weighted by Gasteiger charge is -2.36. The average molecular weight is 445 g/mol. The zero-order valence-electron chi connectivity index (χ0n) is 19.5. The maximum atomic E-state index is 13.5. The van der Waals surface area contributed by atoms with E-state index in [4.69, 9.17) is 14.7 Å². The summed E-state index contributed by atoms with van der Waals surface area (Å²) < 4.78 is 21.6. The summed E-state index contributed by atoms with van der Waals surface area (Å²) in [6, 6.07) is 15.3. The molecule has 1 saturated heterocycles. The minimum Gasteiger partial charge on any atom is -0.372 e. The molecule has 3 heterocycles. The first kappa shape index (κ1) is 21.6. The maximum absolute atomic E-state index is 13.5. The lowest BCUT2D eigenvalue weighted by Crippen LogP contribution is -2.45. The molecule has 33 heavy (non-hydrogen) atoms. The van der Waals surface area contributed by atoms with Crippen LogP contribution in [0.4, 0.5) is 10.1 Å². The smallest absolute Gasteiger partial charge is 0.123 e. The summed E-state index contributed by atoms with van der Waals surface area (Å²) >= 11 is 0. The fourth-order valence-corrected chi connectivity index (χ4v) is 4.69. The number of imidazole rings is 1. The number of anilines is 1. The molecule has 1 aliphatic rings. The van der Waals surface area contributed by atoms with Crippen molar-refractivity contribution >= 4 is 16.6 Å². The Morgan fingerprint density at radius 3 is 2.33 bits per heavy atom. The second-order valence-corrected chi connectivity index (χ2v) is 9.21. The highest BCUT2D eigenvalue weighted by atomic mass is 19.1. The van der Waals surface area contributed by atoms with Crippen molar-refractivity contribution in [3.05, 3.63) is 66.9 Å². The third-order valence-corrected chi connectivity index (χ3v) is 6.19. The molecule has 0 spiro atoms. The lowest BCUT2D eigenvalue weighted by molar-refractivity contribution is -0.00522. The molecule has 5 rings (SSSR count). The number of nitrogens with zero attached hydrogens (tertiary/aromatic N) is 4. The van der Waals surface area contributed by atoms with Crippen LogP contribution in [0.15, 0.2) is 61.1 Å². The predicted octanol–water partition coefficient (Wildman–Crippen LogP) is 6.10. The topological polar surface area (TPSA) is 43.2 Å². The third kappa shape index (κ3) is 4.23. The number of pyridine rings is 1. The monoisotopic (exact) mass is 444 g/mol. The molecule has 5 nitrogen and oxygen atoms in total. The van der Waals surface area contributed by atoms with Gasteiger partial charge in [-0.2, -0.15) is 0 Å². The van der Waals surface area contributed by atoms with Crippen molar-refractivity contribution in [2.75, 3.05) is 18.0 Å². The van der Waals surface area contributed by atoms with Gasteiger partial charge in [0.1, 0.15) is 5.82 Å². The van der Waals surface area contributed by atoms with Gasteiger partial charge in [-0.15, -0.1) is 0 Å². The number of benzene rings is 2. The van der Waals surface area contributed by atoms with E-state index in [0.717, 1.165) is 52.2 Å². The molecule has 2 atom stereocenters. The Hall–Kier alpha value is -3.25. The summed E-state index contributed by atoms with van der Waals surface area (Å²) in [5, 5.41) is 1.08. The normalized spacial score (nSPS) is 18.9. The Balaban J connectivity index is 1.60. The number of aromatic nitrogens is 3. The Kier molecular flexibility index (Phi) is 5.62. The first-order chi connectivity index (χ1) is 15.9. The molecular formula is C27H29FN4O. The standard InChI is InChI=1S/C27H29FN4O/c1-17(2)32-16-30-26(20-5-8-23(28)9-6-20)27(32)21-7-10-25-22(11-21)12-24(13-29-25)31-14-18(3)33-19(4)15-31/h5-13,16-19H,14-15H2,1-4H3/t18-,19+. The Bertz CT molecular complexity index is 1270. The summed E-state index contributed by atoms with van der Waals surface area (Å²) in [6.07, 6.45) is 4.20. The van der Waals surface area contributed by atoms with Crippen molar-refractivity contribution in [3.8, 4) is 22.5 Å². The number of hydrogen-bond donors (Lipinski definition) is 0. The van der Waals surface area contributed by atoms with Crippen LogP contribution < -0.4 is 4.90 Å². The molecular weight excluding hydrogens is 415 g/mol. The van der Waals surface area contributed by atoms with E-state index < -0.39 is 0 Å². The van der Waals surface area contributed by atoms with Crippen LogP contribution in [0.2, 0.25) is 0 Å². The minimum absolute atomic E-state index is 0.189. The quantitative estimate of drug-likeness (QED) is 0.382. The molecule has 1 fully saturated rings. The van der Waals surface area contributed by atoms with E-state index in [1.165, 1.54) is 12.1 Å². The Morgan fingerprint density at radius 2 is 1.64 bits per heavy atom.